The number of hydrogen-bond donors (Lipinski definition) is 1. The molecule has 0 bridgehead atoms. The van der Waals surface area contributed by atoms with E-state index in [0.717, 1.165) is 43.8 Å². The van der Waals surface area contributed by atoms with Crippen LogP contribution in [0.4, 0.5) is 4.79 Å². The lowest BCUT2D eigenvalue weighted by molar-refractivity contribution is 0.0825. The van der Waals surface area contributed by atoms with Gasteiger partial charge in [-0.05, 0) is 45.4 Å². The smallest absolute Gasteiger partial charge is 0.285 e. The van der Waals surface area contributed by atoms with Crippen molar-refractivity contribution in [2.75, 3.05) is 28.2 Å². The highest BCUT2D eigenvalue weighted by atomic mass is 32.2. The van der Waals surface area contributed by atoms with Crippen LogP contribution in [-0.2, 0) is 0 Å². The van der Waals surface area contributed by atoms with E-state index in [2.05, 4.69) is 0 Å². The van der Waals surface area contributed by atoms with Gasteiger partial charge in [-0.3, -0.25) is 9.59 Å². The van der Waals surface area contributed by atoms with Crippen molar-refractivity contribution in [2.24, 2.45) is 0 Å². The number of thioether (sulfide) groups is 1. The molecular formula is C26H24N2O3S. The van der Waals surface area contributed by atoms with E-state index in [1.807, 2.05) is 60.7 Å². The third kappa shape index (κ3) is 3.78. The summed E-state index contributed by atoms with van der Waals surface area (Å²) >= 11 is 1.11. The van der Waals surface area contributed by atoms with Crippen LogP contribution >= 0.6 is 11.8 Å². The van der Waals surface area contributed by atoms with Crippen molar-refractivity contribution in [3.8, 4) is 16.9 Å². The second-order valence-electron chi connectivity index (χ2n) is 7.99. The van der Waals surface area contributed by atoms with Gasteiger partial charge < -0.3 is 14.9 Å². The maximum Gasteiger partial charge on any atom is 0.285 e. The number of carbonyl (C=O) groups excluding carboxylic acids is 2. The van der Waals surface area contributed by atoms with Gasteiger partial charge in [-0.15, -0.1) is 0 Å². The number of amides is 2. The van der Waals surface area contributed by atoms with Gasteiger partial charge in [0.2, 0.25) is 0 Å². The zero-order chi connectivity index (χ0) is 23.0. The molecule has 0 aliphatic rings. The Labute approximate surface area is 191 Å². The Morgan fingerprint density at radius 3 is 1.97 bits per heavy atom. The lowest BCUT2D eigenvalue weighted by atomic mass is 9.90. The summed E-state index contributed by atoms with van der Waals surface area (Å²) in [7, 11) is 6.73. The molecule has 0 unspecified atom stereocenters. The first-order chi connectivity index (χ1) is 15.3. The summed E-state index contributed by atoms with van der Waals surface area (Å²) < 4.78 is 0. The highest BCUT2D eigenvalue weighted by molar-refractivity contribution is 8.13. The summed E-state index contributed by atoms with van der Waals surface area (Å²) in [6.45, 7) is 0. The number of aromatic hydroxyl groups is 1. The SMILES string of the molecule is CN(C)C(=O)Sc1ccc2ccccc2c1-c1c(O)c(C(=O)N(C)C)cc2ccccc12. The van der Waals surface area contributed by atoms with Gasteiger partial charge >= 0.3 is 0 Å². The van der Waals surface area contributed by atoms with Crippen LogP contribution in [0.5, 0.6) is 5.75 Å². The number of fused-ring (bicyclic) bond motifs is 2. The second kappa shape index (κ2) is 8.55. The Bertz CT molecular complexity index is 1360. The van der Waals surface area contributed by atoms with Crippen molar-refractivity contribution in [2.45, 2.75) is 4.90 Å². The zero-order valence-electron chi connectivity index (χ0n) is 18.4. The molecule has 0 saturated heterocycles. The predicted octanol–water partition coefficient (Wildman–Crippen LogP) is 5.84. The molecule has 0 heterocycles. The largest absolute Gasteiger partial charge is 0.506 e. The number of hydrogen-bond acceptors (Lipinski definition) is 4. The summed E-state index contributed by atoms with van der Waals surface area (Å²) in [4.78, 5) is 29.2. The number of phenols is 1. The summed E-state index contributed by atoms with van der Waals surface area (Å²) in [6, 6.07) is 21.1. The fraction of sp³-hybridized carbons (Fsp3) is 0.154. The van der Waals surface area contributed by atoms with Gasteiger partial charge in [-0.1, -0.05) is 54.6 Å². The van der Waals surface area contributed by atoms with Gasteiger partial charge in [-0.2, -0.15) is 0 Å². The van der Waals surface area contributed by atoms with Crippen molar-refractivity contribution in [1.82, 2.24) is 9.80 Å². The molecule has 1 N–H and O–H groups in total. The molecule has 2 amide bonds. The van der Waals surface area contributed by atoms with Crippen LogP contribution in [0.25, 0.3) is 32.7 Å². The molecule has 6 heteroatoms. The molecule has 162 valence electrons. The molecule has 32 heavy (non-hydrogen) atoms. The molecule has 0 fully saturated rings. The van der Waals surface area contributed by atoms with Crippen LogP contribution < -0.4 is 0 Å². The molecule has 0 saturated carbocycles. The van der Waals surface area contributed by atoms with E-state index >= 15 is 0 Å². The molecule has 4 aromatic carbocycles. The Hall–Kier alpha value is -3.51. The molecule has 4 aromatic rings. The third-order valence-electron chi connectivity index (χ3n) is 5.36. The van der Waals surface area contributed by atoms with E-state index in [-0.39, 0.29) is 22.5 Å². The molecule has 0 aliphatic heterocycles. The minimum Gasteiger partial charge on any atom is -0.506 e. The number of nitrogens with zero attached hydrogens (tertiary/aromatic N) is 2. The highest BCUT2D eigenvalue weighted by Crippen LogP contribution is 2.46. The van der Waals surface area contributed by atoms with Crippen molar-refractivity contribution >= 4 is 44.5 Å². The van der Waals surface area contributed by atoms with Crippen LogP contribution in [0, 0.1) is 0 Å². The predicted molar refractivity (Wildman–Crippen MR) is 132 cm³/mol. The van der Waals surface area contributed by atoms with E-state index in [4.69, 9.17) is 0 Å². The van der Waals surface area contributed by atoms with E-state index < -0.39 is 0 Å². The molecule has 0 radical (unpaired) electrons. The van der Waals surface area contributed by atoms with Gasteiger partial charge in [0.15, 0.2) is 0 Å². The molecule has 0 atom stereocenters. The van der Waals surface area contributed by atoms with Gasteiger partial charge in [0.05, 0.1) is 5.56 Å². The monoisotopic (exact) mass is 444 g/mol. The maximum absolute atomic E-state index is 12.9. The van der Waals surface area contributed by atoms with Gasteiger partial charge in [0.25, 0.3) is 11.1 Å². The Kier molecular flexibility index (Phi) is 5.80. The average Bonchev–Trinajstić information content (AvgIpc) is 2.78. The average molecular weight is 445 g/mol. The Morgan fingerprint density at radius 2 is 1.34 bits per heavy atom. The highest BCUT2D eigenvalue weighted by Gasteiger charge is 2.24. The summed E-state index contributed by atoms with van der Waals surface area (Å²) in [5.41, 5.74) is 1.52. The maximum atomic E-state index is 12.9. The first-order valence-corrected chi connectivity index (χ1v) is 11.0. The van der Waals surface area contributed by atoms with Crippen LogP contribution in [0.15, 0.2) is 71.6 Å². The van der Waals surface area contributed by atoms with Crippen LogP contribution in [0.3, 0.4) is 0 Å². The van der Waals surface area contributed by atoms with Gasteiger partial charge in [-0.25, -0.2) is 0 Å². The number of carbonyl (C=O) groups is 2. The summed E-state index contributed by atoms with van der Waals surface area (Å²) in [6.07, 6.45) is 0. The lowest BCUT2D eigenvalue weighted by Crippen LogP contribution is -2.22. The molecule has 0 spiro atoms. The first kappa shape index (κ1) is 21.7. The zero-order valence-corrected chi connectivity index (χ0v) is 19.2. The lowest BCUT2D eigenvalue weighted by Gasteiger charge is -2.20. The van der Waals surface area contributed by atoms with Crippen molar-refractivity contribution in [1.29, 1.82) is 0 Å². The van der Waals surface area contributed by atoms with E-state index in [1.165, 1.54) is 9.80 Å². The fourth-order valence-electron chi connectivity index (χ4n) is 3.77. The topological polar surface area (TPSA) is 60.9 Å². The Balaban J connectivity index is 2.14. The standard InChI is InChI=1S/C26H24N2O3S/c1-27(2)25(30)20-15-17-10-6-8-12-19(17)23(24(20)29)22-18-11-7-5-9-16(18)13-14-21(22)32-26(31)28(3)4/h5-15,29H,1-4H3. The summed E-state index contributed by atoms with van der Waals surface area (Å²) in [5, 5.41) is 14.9. The Morgan fingerprint density at radius 1 is 0.750 bits per heavy atom. The molecular weight excluding hydrogens is 420 g/mol. The van der Waals surface area contributed by atoms with Crippen LogP contribution in [-0.4, -0.2) is 54.2 Å². The van der Waals surface area contributed by atoms with Crippen molar-refractivity contribution in [3.05, 3.63) is 72.3 Å². The molecule has 0 aromatic heterocycles. The minimum atomic E-state index is -0.284. The molecule has 4 rings (SSSR count). The minimum absolute atomic E-state index is 0.0853. The number of benzene rings is 4. The quantitative estimate of drug-likeness (QED) is 0.403. The first-order valence-electron chi connectivity index (χ1n) is 10.2. The number of rotatable bonds is 3. The fourth-order valence-corrected chi connectivity index (χ4v) is 4.59. The van der Waals surface area contributed by atoms with Crippen LogP contribution in [0.1, 0.15) is 10.4 Å². The molecule has 0 aliphatic carbocycles. The van der Waals surface area contributed by atoms with Crippen LogP contribution in [0.2, 0.25) is 0 Å². The van der Waals surface area contributed by atoms with Crippen molar-refractivity contribution < 1.29 is 14.7 Å². The van der Waals surface area contributed by atoms with Gasteiger partial charge in [0, 0.05) is 44.2 Å². The van der Waals surface area contributed by atoms with Gasteiger partial charge in [0.1, 0.15) is 5.75 Å². The summed E-state index contributed by atoms with van der Waals surface area (Å²) in [5.74, 6) is -0.369. The number of phenolic OH excluding ortho intramolecular Hbond substituents is 1. The van der Waals surface area contributed by atoms with Crippen molar-refractivity contribution in [3.63, 3.8) is 0 Å². The molecule has 5 nitrogen and oxygen atoms in total. The van der Waals surface area contributed by atoms with E-state index in [9.17, 15) is 14.7 Å². The normalized spacial score (nSPS) is 11.0. The second-order valence-corrected chi connectivity index (χ2v) is 8.98. The van der Waals surface area contributed by atoms with E-state index in [1.54, 1.807) is 34.3 Å². The van der Waals surface area contributed by atoms with E-state index in [0.29, 0.717) is 5.56 Å². The third-order valence-corrected chi connectivity index (χ3v) is 6.46.